The molecule has 0 spiro atoms. The zero-order valence-electron chi connectivity index (χ0n) is 17.5. The van der Waals surface area contributed by atoms with Crippen LogP contribution in [0.4, 0.5) is 4.39 Å². The molecule has 4 rings (SSSR count). The molecule has 0 N–H and O–H groups in total. The fourth-order valence-electron chi connectivity index (χ4n) is 3.55. The molecule has 0 aliphatic carbocycles. The topological polar surface area (TPSA) is 94.8 Å². The molecule has 1 aromatic heterocycles. The van der Waals surface area contributed by atoms with E-state index < -0.39 is 17.7 Å². The van der Waals surface area contributed by atoms with Crippen LogP contribution in [0.25, 0.3) is 11.4 Å². The van der Waals surface area contributed by atoms with E-state index >= 15 is 0 Å². The third-order valence-corrected chi connectivity index (χ3v) is 5.29. The van der Waals surface area contributed by atoms with E-state index in [-0.39, 0.29) is 24.9 Å². The Bertz CT molecular complexity index is 1080. The Morgan fingerprint density at radius 1 is 1.16 bits per heavy atom. The number of esters is 1. The average Bonchev–Trinajstić information content (AvgIpc) is 3.32. The monoisotopic (exact) mass is 439 g/mol. The van der Waals surface area contributed by atoms with Crippen molar-refractivity contribution in [3.63, 3.8) is 0 Å². The molecule has 0 radical (unpaired) electrons. The molecule has 8 nitrogen and oxygen atoms in total. The van der Waals surface area contributed by atoms with E-state index in [4.69, 9.17) is 14.0 Å². The molecule has 1 saturated heterocycles. The number of rotatable bonds is 6. The lowest BCUT2D eigenvalue weighted by Gasteiger charge is -2.31. The van der Waals surface area contributed by atoms with Crippen molar-refractivity contribution < 1.29 is 28.0 Å². The number of hydrogen-bond donors (Lipinski definition) is 0. The Balaban J connectivity index is 1.32. The number of hydrogen-bond acceptors (Lipinski definition) is 7. The summed E-state index contributed by atoms with van der Waals surface area (Å²) in [4.78, 5) is 31.0. The molecule has 1 amide bonds. The van der Waals surface area contributed by atoms with Gasteiger partial charge in [-0.25, -0.2) is 4.39 Å². The summed E-state index contributed by atoms with van der Waals surface area (Å²) in [5, 5.41) is 3.91. The van der Waals surface area contributed by atoms with Crippen LogP contribution in [0.15, 0.2) is 53.1 Å². The fraction of sp³-hybridized carbons (Fsp3) is 0.304. The number of piperidine rings is 1. The number of ether oxygens (including phenoxy) is 2. The van der Waals surface area contributed by atoms with E-state index in [0.717, 1.165) is 5.56 Å². The molecule has 1 aliphatic heterocycles. The van der Waals surface area contributed by atoms with Crippen LogP contribution in [0.3, 0.4) is 0 Å². The largest absolute Gasteiger partial charge is 0.497 e. The van der Waals surface area contributed by atoms with E-state index in [1.54, 1.807) is 36.3 Å². The zero-order valence-corrected chi connectivity index (χ0v) is 17.5. The number of carbonyl (C=O) groups is 2. The van der Waals surface area contributed by atoms with Crippen molar-refractivity contribution in [2.24, 2.45) is 5.92 Å². The lowest BCUT2D eigenvalue weighted by Crippen LogP contribution is -2.42. The first-order valence-electron chi connectivity index (χ1n) is 10.2. The van der Waals surface area contributed by atoms with Crippen molar-refractivity contribution in [1.29, 1.82) is 0 Å². The summed E-state index contributed by atoms with van der Waals surface area (Å²) in [7, 11) is 1.58. The molecule has 2 aromatic carbocycles. The van der Waals surface area contributed by atoms with Gasteiger partial charge in [0.2, 0.25) is 5.82 Å². The van der Waals surface area contributed by atoms with Gasteiger partial charge in [-0.2, -0.15) is 4.98 Å². The first-order chi connectivity index (χ1) is 15.5. The Labute approximate surface area is 183 Å². The van der Waals surface area contributed by atoms with Crippen LogP contribution in [0.2, 0.25) is 0 Å². The summed E-state index contributed by atoms with van der Waals surface area (Å²) >= 11 is 0. The van der Waals surface area contributed by atoms with Gasteiger partial charge in [-0.1, -0.05) is 5.16 Å². The van der Waals surface area contributed by atoms with Gasteiger partial charge in [-0.15, -0.1) is 0 Å². The number of aromatic nitrogens is 2. The average molecular weight is 439 g/mol. The molecule has 9 heteroatoms. The van der Waals surface area contributed by atoms with Crippen molar-refractivity contribution in [2.75, 3.05) is 20.2 Å². The molecule has 1 fully saturated rings. The molecule has 0 saturated carbocycles. The normalized spacial score (nSPS) is 15.9. The standard InChI is InChI=1S/C23H22FN3O5/c1-30-19-10-6-15(7-11-19)21-25-20(32-26-21)14-31-23(29)17-3-2-12-27(13-17)22(28)16-4-8-18(24)9-5-16/h4-11,17H,2-3,12-14H2,1H3. The van der Waals surface area contributed by atoms with E-state index in [0.29, 0.717) is 36.5 Å². The summed E-state index contributed by atoms with van der Waals surface area (Å²) in [5.74, 6) is -0.234. The van der Waals surface area contributed by atoms with Crippen LogP contribution in [-0.4, -0.2) is 47.1 Å². The smallest absolute Gasteiger partial charge is 0.311 e. The second-order valence-corrected chi connectivity index (χ2v) is 7.45. The van der Waals surface area contributed by atoms with Crippen LogP contribution < -0.4 is 4.74 Å². The maximum Gasteiger partial charge on any atom is 0.311 e. The number of carbonyl (C=O) groups excluding carboxylic acids is 2. The molecule has 1 atom stereocenters. The van der Waals surface area contributed by atoms with Gasteiger partial charge in [0.25, 0.3) is 11.8 Å². The van der Waals surface area contributed by atoms with Gasteiger partial charge in [0, 0.05) is 24.2 Å². The number of amides is 1. The van der Waals surface area contributed by atoms with Gasteiger partial charge < -0.3 is 18.9 Å². The van der Waals surface area contributed by atoms with Crippen molar-refractivity contribution in [2.45, 2.75) is 19.4 Å². The third-order valence-electron chi connectivity index (χ3n) is 5.29. The Kier molecular flexibility index (Phi) is 6.44. The highest BCUT2D eigenvalue weighted by Gasteiger charge is 2.30. The number of nitrogens with zero attached hydrogens (tertiary/aromatic N) is 3. The molecule has 0 bridgehead atoms. The SMILES string of the molecule is COc1ccc(-c2noc(COC(=O)C3CCCN(C(=O)c4ccc(F)cc4)C3)n2)cc1. The molecule has 2 heterocycles. The van der Waals surface area contributed by atoms with Gasteiger partial charge in [0.15, 0.2) is 6.61 Å². The van der Waals surface area contributed by atoms with Crippen molar-refractivity contribution in [3.8, 4) is 17.1 Å². The van der Waals surface area contributed by atoms with Crippen molar-refractivity contribution in [1.82, 2.24) is 15.0 Å². The Morgan fingerprint density at radius 2 is 1.91 bits per heavy atom. The maximum absolute atomic E-state index is 13.1. The van der Waals surface area contributed by atoms with Crippen LogP contribution in [-0.2, 0) is 16.1 Å². The van der Waals surface area contributed by atoms with Gasteiger partial charge in [-0.3, -0.25) is 9.59 Å². The number of likely N-dealkylation sites (tertiary alicyclic amines) is 1. The second-order valence-electron chi connectivity index (χ2n) is 7.45. The lowest BCUT2D eigenvalue weighted by atomic mass is 9.97. The van der Waals surface area contributed by atoms with Crippen molar-refractivity contribution >= 4 is 11.9 Å². The van der Waals surface area contributed by atoms with Crippen LogP contribution in [0.5, 0.6) is 5.75 Å². The zero-order chi connectivity index (χ0) is 22.5. The minimum Gasteiger partial charge on any atom is -0.497 e. The summed E-state index contributed by atoms with van der Waals surface area (Å²) < 4.78 is 28.8. The minimum absolute atomic E-state index is 0.148. The van der Waals surface area contributed by atoms with Crippen LogP contribution in [0.1, 0.15) is 29.1 Å². The predicted octanol–water partition coefficient (Wildman–Crippen LogP) is 3.48. The molecule has 1 aliphatic rings. The molecule has 3 aromatic rings. The number of benzene rings is 2. The number of halogens is 1. The fourth-order valence-corrected chi connectivity index (χ4v) is 3.55. The lowest BCUT2D eigenvalue weighted by molar-refractivity contribution is -0.152. The Hall–Kier alpha value is -3.75. The molecular formula is C23H22FN3O5. The summed E-state index contributed by atoms with van der Waals surface area (Å²) in [6, 6.07) is 12.5. The molecule has 166 valence electrons. The third kappa shape index (κ3) is 4.93. The first-order valence-corrected chi connectivity index (χ1v) is 10.2. The molecular weight excluding hydrogens is 417 g/mol. The highest BCUT2D eigenvalue weighted by atomic mass is 19.1. The predicted molar refractivity (Wildman–Crippen MR) is 111 cm³/mol. The van der Waals surface area contributed by atoms with Gasteiger partial charge in [0.1, 0.15) is 11.6 Å². The minimum atomic E-state index is -0.447. The van der Waals surface area contributed by atoms with Gasteiger partial charge in [0.05, 0.1) is 13.0 Å². The van der Waals surface area contributed by atoms with Crippen LogP contribution >= 0.6 is 0 Å². The summed E-state index contributed by atoms with van der Waals surface area (Å²) in [5.41, 5.74) is 1.13. The molecule has 32 heavy (non-hydrogen) atoms. The number of methoxy groups -OCH3 is 1. The highest BCUT2D eigenvalue weighted by molar-refractivity contribution is 5.94. The Morgan fingerprint density at radius 3 is 2.62 bits per heavy atom. The highest BCUT2D eigenvalue weighted by Crippen LogP contribution is 2.22. The van der Waals surface area contributed by atoms with E-state index in [2.05, 4.69) is 10.1 Å². The van der Waals surface area contributed by atoms with Crippen LogP contribution in [0, 0.1) is 11.7 Å². The quantitative estimate of drug-likeness (QED) is 0.543. The first kappa shape index (κ1) is 21.5. The molecule has 1 unspecified atom stereocenters. The van der Waals surface area contributed by atoms with Gasteiger partial charge >= 0.3 is 5.97 Å². The van der Waals surface area contributed by atoms with E-state index in [1.165, 1.54) is 24.3 Å². The van der Waals surface area contributed by atoms with Gasteiger partial charge in [-0.05, 0) is 61.4 Å². The summed E-state index contributed by atoms with van der Waals surface area (Å²) in [6.45, 7) is 0.634. The second kappa shape index (κ2) is 9.59. The van der Waals surface area contributed by atoms with Crippen molar-refractivity contribution in [3.05, 3.63) is 65.8 Å². The van der Waals surface area contributed by atoms with E-state index in [1.807, 2.05) is 0 Å². The maximum atomic E-state index is 13.1. The summed E-state index contributed by atoms with van der Waals surface area (Å²) in [6.07, 6.45) is 1.29. The van der Waals surface area contributed by atoms with E-state index in [9.17, 15) is 14.0 Å².